The van der Waals surface area contributed by atoms with Crippen molar-refractivity contribution in [3.05, 3.63) is 57.0 Å². The third-order valence-electron chi connectivity index (χ3n) is 2.23. The second kappa shape index (κ2) is 4.53. The normalized spacial score (nSPS) is 10.0. The quantitative estimate of drug-likeness (QED) is 0.604. The first-order valence-corrected chi connectivity index (χ1v) is 4.79. The molecule has 0 saturated carbocycles. The molecule has 0 saturated heterocycles. The van der Waals surface area contributed by atoms with Gasteiger partial charge in [-0.2, -0.15) is 0 Å². The minimum atomic E-state index is -0.621. The van der Waals surface area contributed by atoms with Crippen LogP contribution in [0.4, 0.5) is 11.4 Å². The van der Waals surface area contributed by atoms with Crippen LogP contribution >= 0.6 is 0 Å². The predicted octanol–water partition coefficient (Wildman–Crippen LogP) is 1.96. The van der Waals surface area contributed by atoms with Crippen molar-refractivity contribution in [3.63, 3.8) is 0 Å². The summed E-state index contributed by atoms with van der Waals surface area (Å²) in [5, 5.41) is 21.5. The number of hydrogen-bond acceptors (Lipinski definition) is 6. The Morgan fingerprint density at radius 1 is 1.06 bits per heavy atom. The lowest BCUT2D eigenvalue weighted by atomic mass is 10.1. The molecule has 0 bridgehead atoms. The Morgan fingerprint density at radius 2 is 1.83 bits per heavy atom. The fourth-order valence-electron chi connectivity index (χ4n) is 1.44. The molecule has 18 heavy (non-hydrogen) atoms. The van der Waals surface area contributed by atoms with Crippen molar-refractivity contribution < 1.29 is 9.85 Å². The maximum absolute atomic E-state index is 10.9. The highest BCUT2D eigenvalue weighted by Crippen LogP contribution is 2.31. The molecule has 0 spiro atoms. The lowest BCUT2D eigenvalue weighted by Gasteiger charge is -2.01. The van der Waals surface area contributed by atoms with Crippen molar-refractivity contribution >= 4 is 11.4 Å². The van der Waals surface area contributed by atoms with E-state index in [0.29, 0.717) is 0 Å². The van der Waals surface area contributed by atoms with Gasteiger partial charge >= 0.3 is 0 Å². The molecule has 0 atom stereocenters. The summed E-state index contributed by atoms with van der Waals surface area (Å²) in [4.78, 5) is 28.0. The van der Waals surface area contributed by atoms with Crippen molar-refractivity contribution in [1.82, 2.24) is 9.97 Å². The molecule has 1 aromatic carbocycles. The summed E-state index contributed by atoms with van der Waals surface area (Å²) < 4.78 is 0. The maximum atomic E-state index is 10.9. The fourth-order valence-corrected chi connectivity index (χ4v) is 1.44. The average Bonchev–Trinajstić information content (AvgIpc) is 2.39. The van der Waals surface area contributed by atoms with Crippen molar-refractivity contribution in [1.29, 1.82) is 0 Å². The highest BCUT2D eigenvalue weighted by molar-refractivity contribution is 5.72. The van der Waals surface area contributed by atoms with E-state index in [0.717, 1.165) is 18.2 Å². The first-order chi connectivity index (χ1) is 8.59. The molecule has 90 valence electrons. The number of benzene rings is 1. The van der Waals surface area contributed by atoms with Crippen LogP contribution in [0.2, 0.25) is 0 Å². The average molecular weight is 246 g/mol. The lowest BCUT2D eigenvalue weighted by molar-refractivity contribution is -0.388. The zero-order chi connectivity index (χ0) is 13.1. The molecule has 0 fully saturated rings. The molecular formula is C10H6N4O4. The second-order valence-corrected chi connectivity index (χ2v) is 3.31. The summed E-state index contributed by atoms with van der Waals surface area (Å²) in [7, 11) is 0. The van der Waals surface area contributed by atoms with Gasteiger partial charge in [-0.1, -0.05) is 0 Å². The van der Waals surface area contributed by atoms with Gasteiger partial charge in [0.1, 0.15) is 0 Å². The molecule has 0 radical (unpaired) electrons. The van der Waals surface area contributed by atoms with E-state index in [2.05, 4.69) is 9.97 Å². The van der Waals surface area contributed by atoms with E-state index < -0.39 is 9.85 Å². The zero-order valence-corrected chi connectivity index (χ0v) is 8.89. The Labute approximate surface area is 100 Å². The molecule has 8 heteroatoms. The van der Waals surface area contributed by atoms with Crippen LogP contribution in [0, 0.1) is 20.2 Å². The van der Waals surface area contributed by atoms with Crippen LogP contribution in [0.25, 0.3) is 11.3 Å². The number of aromatic nitrogens is 2. The van der Waals surface area contributed by atoms with Gasteiger partial charge in [-0.25, -0.2) is 0 Å². The monoisotopic (exact) mass is 246 g/mol. The highest BCUT2D eigenvalue weighted by Gasteiger charge is 2.20. The molecule has 1 heterocycles. The first kappa shape index (κ1) is 11.6. The van der Waals surface area contributed by atoms with Crippen LogP contribution in [0.15, 0.2) is 36.8 Å². The van der Waals surface area contributed by atoms with Crippen LogP contribution in [-0.4, -0.2) is 19.8 Å². The third-order valence-corrected chi connectivity index (χ3v) is 2.23. The first-order valence-electron chi connectivity index (χ1n) is 4.79. The molecule has 0 N–H and O–H groups in total. The molecule has 2 aromatic rings. The summed E-state index contributed by atoms with van der Waals surface area (Å²) in [6.45, 7) is 0. The zero-order valence-electron chi connectivity index (χ0n) is 8.89. The van der Waals surface area contributed by atoms with E-state index in [4.69, 9.17) is 0 Å². The minimum absolute atomic E-state index is 0.0716. The largest absolute Gasteiger partial charge is 0.279 e. The molecule has 1 aromatic heterocycles. The van der Waals surface area contributed by atoms with Crippen molar-refractivity contribution in [2.24, 2.45) is 0 Å². The Bertz CT molecular complexity index is 615. The number of nitrogens with zero attached hydrogens (tertiary/aromatic N) is 4. The van der Waals surface area contributed by atoms with Gasteiger partial charge in [-0.3, -0.25) is 30.2 Å². The number of nitro benzene ring substituents is 2. The third kappa shape index (κ3) is 2.12. The number of rotatable bonds is 3. The lowest BCUT2D eigenvalue weighted by Crippen LogP contribution is -1.96. The van der Waals surface area contributed by atoms with E-state index in [9.17, 15) is 20.2 Å². The van der Waals surface area contributed by atoms with Crippen LogP contribution in [0.3, 0.4) is 0 Å². The number of non-ortho nitro benzene ring substituents is 1. The van der Waals surface area contributed by atoms with Gasteiger partial charge in [0.2, 0.25) is 0 Å². The Morgan fingerprint density at radius 3 is 2.39 bits per heavy atom. The predicted molar refractivity (Wildman–Crippen MR) is 60.8 cm³/mol. The maximum Gasteiger partial charge on any atom is 0.279 e. The van der Waals surface area contributed by atoms with Gasteiger partial charge in [0.25, 0.3) is 11.4 Å². The molecular weight excluding hydrogens is 240 g/mol. The molecule has 0 aliphatic heterocycles. The number of hydrogen-bond donors (Lipinski definition) is 0. The fraction of sp³-hybridized carbons (Fsp3) is 0. The summed E-state index contributed by atoms with van der Waals surface area (Å²) in [6, 6.07) is 3.28. The Balaban J connectivity index is 2.65. The minimum Gasteiger partial charge on any atom is -0.261 e. The van der Waals surface area contributed by atoms with Crippen LogP contribution in [0.1, 0.15) is 0 Å². The van der Waals surface area contributed by atoms with Crippen molar-refractivity contribution in [2.45, 2.75) is 0 Å². The molecule has 0 amide bonds. The molecule has 8 nitrogen and oxygen atoms in total. The Hall–Kier alpha value is -2.90. The van der Waals surface area contributed by atoms with E-state index in [1.54, 1.807) is 0 Å². The summed E-state index contributed by atoms with van der Waals surface area (Å²) in [5.41, 5.74) is -0.197. The van der Waals surface area contributed by atoms with Crippen LogP contribution in [-0.2, 0) is 0 Å². The topological polar surface area (TPSA) is 112 Å². The van der Waals surface area contributed by atoms with Crippen LogP contribution < -0.4 is 0 Å². The second-order valence-electron chi connectivity index (χ2n) is 3.31. The molecule has 0 aliphatic carbocycles. The van der Waals surface area contributed by atoms with E-state index in [1.807, 2.05) is 0 Å². The Kier molecular flexibility index (Phi) is 2.92. The van der Waals surface area contributed by atoms with Crippen molar-refractivity contribution in [2.75, 3.05) is 0 Å². The molecule has 0 unspecified atom stereocenters. The highest BCUT2D eigenvalue weighted by atomic mass is 16.6. The van der Waals surface area contributed by atoms with Gasteiger partial charge in [0, 0.05) is 30.6 Å². The summed E-state index contributed by atoms with van der Waals surface area (Å²) >= 11 is 0. The number of nitro groups is 2. The SMILES string of the molecule is O=[N+]([O-])c1ccc([N+](=O)[O-])c(-c2cnccn2)c1. The van der Waals surface area contributed by atoms with Gasteiger partial charge < -0.3 is 0 Å². The van der Waals surface area contributed by atoms with Gasteiger partial charge in [-0.05, 0) is 0 Å². The van der Waals surface area contributed by atoms with Gasteiger partial charge in [0.05, 0.1) is 27.3 Å². The van der Waals surface area contributed by atoms with Crippen LogP contribution in [0.5, 0.6) is 0 Å². The summed E-state index contributed by atoms with van der Waals surface area (Å²) in [6.07, 6.45) is 4.08. The van der Waals surface area contributed by atoms with Crippen molar-refractivity contribution in [3.8, 4) is 11.3 Å². The van der Waals surface area contributed by atoms with Gasteiger partial charge in [0.15, 0.2) is 0 Å². The smallest absolute Gasteiger partial charge is 0.261 e. The summed E-state index contributed by atoms with van der Waals surface area (Å²) in [5.74, 6) is 0. The standard InChI is InChI=1S/C10H6N4O4/c15-13(16)7-1-2-10(14(17)18)8(5-7)9-6-11-3-4-12-9/h1-6H. The van der Waals surface area contributed by atoms with Gasteiger partial charge in [-0.15, -0.1) is 0 Å². The molecule has 2 rings (SSSR count). The van der Waals surface area contributed by atoms with E-state index in [-0.39, 0.29) is 22.6 Å². The molecule has 0 aliphatic rings. The van der Waals surface area contributed by atoms with E-state index in [1.165, 1.54) is 18.6 Å². The van der Waals surface area contributed by atoms with E-state index >= 15 is 0 Å².